The number of nitrogens with two attached hydrogens (primary N) is 1. The van der Waals surface area contributed by atoms with Gasteiger partial charge in [0.05, 0.1) is 5.52 Å². The molecular formula is C14H12N2. The highest BCUT2D eigenvalue weighted by Gasteiger charge is 2.04. The van der Waals surface area contributed by atoms with Gasteiger partial charge in [0.1, 0.15) is 0 Å². The third-order valence-electron chi connectivity index (χ3n) is 2.92. The molecular weight excluding hydrogens is 196 g/mol. The molecule has 0 bridgehead atoms. The van der Waals surface area contributed by atoms with E-state index in [1.807, 2.05) is 24.4 Å². The van der Waals surface area contributed by atoms with Crippen molar-refractivity contribution in [2.75, 3.05) is 0 Å². The van der Waals surface area contributed by atoms with Crippen LogP contribution in [0.25, 0.3) is 21.7 Å². The lowest BCUT2D eigenvalue weighted by Crippen LogP contribution is -1.98. The topological polar surface area (TPSA) is 38.9 Å². The molecule has 0 radical (unpaired) electrons. The van der Waals surface area contributed by atoms with Gasteiger partial charge in [0.15, 0.2) is 0 Å². The van der Waals surface area contributed by atoms with Crippen LogP contribution in [-0.4, -0.2) is 4.98 Å². The van der Waals surface area contributed by atoms with Crippen LogP contribution < -0.4 is 5.73 Å². The Balaban J connectivity index is 2.57. The Labute approximate surface area is 93.7 Å². The number of rotatable bonds is 1. The Kier molecular flexibility index (Phi) is 2.08. The minimum atomic E-state index is 0.549. The molecule has 0 saturated carbocycles. The van der Waals surface area contributed by atoms with Crippen molar-refractivity contribution in [3.63, 3.8) is 0 Å². The molecule has 2 nitrogen and oxygen atoms in total. The summed E-state index contributed by atoms with van der Waals surface area (Å²) < 4.78 is 0. The predicted molar refractivity (Wildman–Crippen MR) is 67.1 cm³/mol. The molecule has 2 N–H and O–H groups in total. The summed E-state index contributed by atoms with van der Waals surface area (Å²) >= 11 is 0. The zero-order valence-electron chi connectivity index (χ0n) is 8.85. The fourth-order valence-electron chi connectivity index (χ4n) is 2.15. The van der Waals surface area contributed by atoms with Gasteiger partial charge >= 0.3 is 0 Å². The van der Waals surface area contributed by atoms with Gasteiger partial charge in [0, 0.05) is 23.5 Å². The zero-order valence-corrected chi connectivity index (χ0v) is 8.85. The molecule has 78 valence electrons. The van der Waals surface area contributed by atoms with Crippen molar-refractivity contribution in [2.45, 2.75) is 6.54 Å². The monoisotopic (exact) mass is 208 g/mol. The van der Waals surface area contributed by atoms with Crippen molar-refractivity contribution in [1.82, 2.24) is 4.98 Å². The summed E-state index contributed by atoms with van der Waals surface area (Å²) in [7, 11) is 0. The number of nitrogens with zero attached hydrogens (tertiary/aromatic N) is 1. The van der Waals surface area contributed by atoms with Gasteiger partial charge in [-0.15, -0.1) is 0 Å². The molecule has 1 heterocycles. The Bertz CT molecular complexity index is 659. The van der Waals surface area contributed by atoms with Crippen LogP contribution in [0.5, 0.6) is 0 Å². The van der Waals surface area contributed by atoms with E-state index in [4.69, 9.17) is 5.73 Å². The van der Waals surface area contributed by atoms with Gasteiger partial charge in [0.2, 0.25) is 0 Å². The van der Waals surface area contributed by atoms with Crippen molar-refractivity contribution in [2.24, 2.45) is 5.73 Å². The molecule has 0 aliphatic rings. The molecule has 0 spiro atoms. The summed E-state index contributed by atoms with van der Waals surface area (Å²) in [5, 5.41) is 3.58. The average Bonchev–Trinajstić information content (AvgIpc) is 2.37. The molecule has 1 aromatic heterocycles. The van der Waals surface area contributed by atoms with Crippen molar-refractivity contribution in [3.05, 3.63) is 54.2 Å². The normalized spacial score (nSPS) is 11.1. The number of hydrogen-bond donors (Lipinski definition) is 1. The van der Waals surface area contributed by atoms with Crippen LogP contribution in [-0.2, 0) is 6.54 Å². The van der Waals surface area contributed by atoms with E-state index in [1.165, 1.54) is 10.8 Å². The largest absolute Gasteiger partial charge is 0.326 e. The van der Waals surface area contributed by atoms with Crippen LogP contribution in [0.3, 0.4) is 0 Å². The zero-order chi connectivity index (χ0) is 11.0. The first-order valence-corrected chi connectivity index (χ1v) is 5.35. The quantitative estimate of drug-likeness (QED) is 0.624. The first kappa shape index (κ1) is 9.31. The third kappa shape index (κ3) is 1.27. The van der Waals surface area contributed by atoms with E-state index in [2.05, 4.69) is 29.2 Å². The number of aromatic nitrogens is 1. The number of benzene rings is 2. The first-order valence-electron chi connectivity index (χ1n) is 5.35. The minimum absolute atomic E-state index is 0.549. The lowest BCUT2D eigenvalue weighted by molar-refractivity contribution is 1.09. The summed E-state index contributed by atoms with van der Waals surface area (Å²) in [4.78, 5) is 4.46. The fraction of sp³-hybridized carbons (Fsp3) is 0.0714. The number of hydrogen-bond acceptors (Lipinski definition) is 2. The highest BCUT2D eigenvalue weighted by atomic mass is 14.7. The maximum atomic E-state index is 5.78. The molecule has 0 fully saturated rings. The summed E-state index contributed by atoms with van der Waals surface area (Å²) in [6.07, 6.45) is 1.91. The van der Waals surface area contributed by atoms with E-state index >= 15 is 0 Å². The maximum Gasteiger partial charge on any atom is 0.0711 e. The first-order chi connectivity index (χ1) is 7.90. The van der Waals surface area contributed by atoms with Gasteiger partial charge in [-0.2, -0.15) is 0 Å². The molecule has 3 rings (SSSR count). The SMILES string of the molecule is NCc1cccc2ncc3ccccc3c12. The van der Waals surface area contributed by atoms with Gasteiger partial charge in [-0.3, -0.25) is 4.98 Å². The Hall–Kier alpha value is -1.93. The van der Waals surface area contributed by atoms with Crippen LogP contribution >= 0.6 is 0 Å². The fourth-order valence-corrected chi connectivity index (χ4v) is 2.15. The van der Waals surface area contributed by atoms with Crippen molar-refractivity contribution in [3.8, 4) is 0 Å². The molecule has 0 saturated heterocycles. The molecule has 3 aromatic rings. The lowest BCUT2D eigenvalue weighted by atomic mass is 10.0. The Morgan fingerprint density at radius 1 is 1.00 bits per heavy atom. The van der Waals surface area contributed by atoms with E-state index < -0.39 is 0 Å². The standard InChI is InChI=1S/C14H12N2/c15-8-10-5-3-7-13-14(10)12-6-2-1-4-11(12)9-16-13/h1-7,9H,8,15H2. The second-order valence-corrected chi connectivity index (χ2v) is 3.86. The third-order valence-corrected chi connectivity index (χ3v) is 2.92. The summed E-state index contributed by atoms with van der Waals surface area (Å²) in [6, 6.07) is 14.4. The van der Waals surface area contributed by atoms with Crippen LogP contribution in [0, 0.1) is 0 Å². The van der Waals surface area contributed by atoms with Gasteiger partial charge in [-0.05, 0) is 17.0 Å². The van der Waals surface area contributed by atoms with E-state index in [-0.39, 0.29) is 0 Å². The van der Waals surface area contributed by atoms with E-state index in [1.54, 1.807) is 0 Å². The molecule has 0 atom stereocenters. The van der Waals surface area contributed by atoms with Gasteiger partial charge in [-0.25, -0.2) is 0 Å². The highest BCUT2D eigenvalue weighted by Crippen LogP contribution is 2.26. The second-order valence-electron chi connectivity index (χ2n) is 3.86. The lowest BCUT2D eigenvalue weighted by Gasteiger charge is -2.07. The van der Waals surface area contributed by atoms with E-state index in [9.17, 15) is 0 Å². The van der Waals surface area contributed by atoms with Crippen LogP contribution in [0.4, 0.5) is 0 Å². The summed E-state index contributed by atoms with van der Waals surface area (Å²) in [5.41, 5.74) is 7.95. The van der Waals surface area contributed by atoms with Gasteiger partial charge in [0.25, 0.3) is 0 Å². The van der Waals surface area contributed by atoms with Crippen LogP contribution in [0.15, 0.2) is 48.7 Å². The van der Waals surface area contributed by atoms with Gasteiger partial charge < -0.3 is 5.73 Å². The minimum Gasteiger partial charge on any atom is -0.326 e. The predicted octanol–water partition coefficient (Wildman–Crippen LogP) is 2.85. The van der Waals surface area contributed by atoms with Crippen molar-refractivity contribution < 1.29 is 0 Å². The van der Waals surface area contributed by atoms with Crippen LogP contribution in [0.2, 0.25) is 0 Å². The number of pyridine rings is 1. The molecule has 0 amide bonds. The van der Waals surface area contributed by atoms with E-state index in [0.717, 1.165) is 16.5 Å². The highest BCUT2D eigenvalue weighted by molar-refractivity contribution is 6.06. The molecule has 2 heteroatoms. The molecule has 0 aliphatic carbocycles. The van der Waals surface area contributed by atoms with Crippen molar-refractivity contribution in [1.29, 1.82) is 0 Å². The summed E-state index contributed by atoms with van der Waals surface area (Å²) in [5.74, 6) is 0. The van der Waals surface area contributed by atoms with Gasteiger partial charge in [-0.1, -0.05) is 36.4 Å². The molecule has 2 aromatic carbocycles. The smallest absolute Gasteiger partial charge is 0.0711 e. The summed E-state index contributed by atoms with van der Waals surface area (Å²) in [6.45, 7) is 0.549. The number of fused-ring (bicyclic) bond motifs is 3. The Morgan fingerprint density at radius 2 is 1.88 bits per heavy atom. The second kappa shape index (κ2) is 3.58. The maximum absolute atomic E-state index is 5.78. The molecule has 0 unspecified atom stereocenters. The molecule has 0 aliphatic heterocycles. The Morgan fingerprint density at radius 3 is 2.75 bits per heavy atom. The van der Waals surface area contributed by atoms with Crippen molar-refractivity contribution >= 4 is 21.7 Å². The van der Waals surface area contributed by atoms with E-state index in [0.29, 0.717) is 6.54 Å². The average molecular weight is 208 g/mol. The van der Waals surface area contributed by atoms with Crippen LogP contribution in [0.1, 0.15) is 5.56 Å². The molecule has 16 heavy (non-hydrogen) atoms.